The van der Waals surface area contributed by atoms with Crippen LogP contribution in [-0.4, -0.2) is 47.2 Å². The average Bonchev–Trinajstić information content (AvgIpc) is 3.20. The number of aliphatic hydroxyl groups excluding tert-OH is 1. The Balaban J connectivity index is 1.84. The van der Waals surface area contributed by atoms with Crippen LogP contribution in [0.5, 0.6) is 0 Å². The Morgan fingerprint density at radius 3 is 2.39 bits per heavy atom. The van der Waals surface area contributed by atoms with Gasteiger partial charge in [0, 0.05) is 17.7 Å². The van der Waals surface area contributed by atoms with Crippen LogP contribution >= 0.6 is 0 Å². The van der Waals surface area contributed by atoms with Gasteiger partial charge in [0.25, 0.3) is 5.91 Å². The summed E-state index contributed by atoms with van der Waals surface area (Å²) < 4.78 is 46.2. The minimum absolute atomic E-state index is 0.0938. The highest BCUT2D eigenvalue weighted by atomic mass is 19.4. The number of halogens is 3. The smallest absolute Gasteiger partial charge is 0.394 e. The van der Waals surface area contributed by atoms with Gasteiger partial charge in [-0.3, -0.25) is 4.79 Å². The lowest BCUT2D eigenvalue weighted by atomic mass is 10.1. The Bertz CT molecular complexity index is 1010. The highest BCUT2D eigenvalue weighted by Crippen LogP contribution is 2.33. The number of aliphatic hydroxyl groups is 1. The van der Waals surface area contributed by atoms with Crippen molar-refractivity contribution in [2.75, 3.05) is 26.4 Å². The molecule has 3 aromatic rings. The van der Waals surface area contributed by atoms with Crippen LogP contribution in [0.2, 0.25) is 0 Å². The van der Waals surface area contributed by atoms with Gasteiger partial charge in [-0.25, -0.2) is 4.68 Å². The molecule has 0 saturated carbocycles. The highest BCUT2D eigenvalue weighted by Gasteiger charge is 2.35. The minimum atomic E-state index is -4.58. The molecule has 164 valence electrons. The van der Waals surface area contributed by atoms with Crippen LogP contribution < -0.4 is 5.32 Å². The summed E-state index contributed by atoms with van der Waals surface area (Å²) in [5.41, 5.74) is 1.64. The van der Waals surface area contributed by atoms with Crippen molar-refractivity contribution in [3.63, 3.8) is 0 Å². The van der Waals surface area contributed by atoms with Gasteiger partial charge in [0.15, 0.2) is 5.69 Å². The fourth-order valence-electron chi connectivity index (χ4n) is 2.91. The third kappa shape index (κ3) is 5.71. The van der Waals surface area contributed by atoms with Crippen molar-refractivity contribution in [3.8, 4) is 16.9 Å². The zero-order chi connectivity index (χ0) is 22.4. The number of nitrogens with one attached hydrogen (secondary N) is 1. The first kappa shape index (κ1) is 22.5. The molecule has 0 spiro atoms. The molecule has 2 aromatic carbocycles. The summed E-state index contributed by atoms with van der Waals surface area (Å²) in [4.78, 5) is 12.2. The van der Waals surface area contributed by atoms with E-state index in [0.29, 0.717) is 22.5 Å². The lowest BCUT2D eigenvalue weighted by molar-refractivity contribution is -0.141. The number of carbonyl (C=O) groups is 1. The summed E-state index contributed by atoms with van der Waals surface area (Å²) in [6.45, 7) is 2.52. The molecule has 3 rings (SSSR count). The molecule has 0 aliphatic heterocycles. The molecule has 0 saturated heterocycles. The largest absolute Gasteiger partial charge is 0.435 e. The zero-order valence-electron chi connectivity index (χ0n) is 16.8. The van der Waals surface area contributed by atoms with Crippen LogP contribution in [0.25, 0.3) is 16.9 Å². The maximum atomic E-state index is 13.3. The first-order valence-corrected chi connectivity index (χ1v) is 9.61. The van der Waals surface area contributed by atoms with Crippen LogP contribution in [-0.2, 0) is 10.9 Å². The van der Waals surface area contributed by atoms with E-state index in [4.69, 9.17) is 9.84 Å². The number of benzene rings is 2. The summed E-state index contributed by atoms with van der Waals surface area (Å²) in [6, 6.07) is 14.3. The molecule has 0 unspecified atom stereocenters. The Hall–Kier alpha value is -3.17. The standard InChI is InChI=1S/C22H22F3N3O3/c1-15-2-4-16(5-3-15)19-14-20(22(23,24)25)27-28(19)18-8-6-17(7-9-18)21(30)26-10-12-31-13-11-29/h2-9,14,29H,10-13H2,1H3,(H,26,30). The van der Waals surface area contributed by atoms with E-state index in [1.165, 1.54) is 16.8 Å². The average molecular weight is 433 g/mol. The number of aryl methyl sites for hydroxylation is 1. The number of ether oxygens (including phenoxy) is 1. The topological polar surface area (TPSA) is 76.4 Å². The van der Waals surface area contributed by atoms with Gasteiger partial charge in [0.1, 0.15) is 0 Å². The fourth-order valence-corrected chi connectivity index (χ4v) is 2.91. The summed E-state index contributed by atoms with van der Waals surface area (Å²) in [5.74, 6) is -0.339. The van der Waals surface area contributed by atoms with Gasteiger partial charge in [-0.2, -0.15) is 18.3 Å². The second-order valence-electron chi connectivity index (χ2n) is 6.83. The Morgan fingerprint density at radius 1 is 1.10 bits per heavy atom. The SMILES string of the molecule is Cc1ccc(-c2cc(C(F)(F)F)nn2-c2ccc(C(=O)NCCOCCO)cc2)cc1. The molecule has 0 bridgehead atoms. The van der Waals surface area contributed by atoms with Crippen molar-refractivity contribution in [1.29, 1.82) is 0 Å². The monoisotopic (exact) mass is 433 g/mol. The quantitative estimate of drug-likeness (QED) is 0.533. The number of aromatic nitrogens is 2. The van der Waals surface area contributed by atoms with Gasteiger partial charge in [0.2, 0.25) is 0 Å². The van der Waals surface area contributed by atoms with Gasteiger partial charge in [-0.05, 0) is 37.3 Å². The second kappa shape index (κ2) is 9.76. The molecule has 6 nitrogen and oxygen atoms in total. The molecule has 0 aliphatic carbocycles. The molecule has 2 N–H and O–H groups in total. The van der Waals surface area contributed by atoms with E-state index in [1.54, 1.807) is 24.3 Å². The summed E-state index contributed by atoms with van der Waals surface area (Å²) in [6.07, 6.45) is -4.58. The molecule has 0 atom stereocenters. The molecular formula is C22H22F3N3O3. The molecule has 0 aliphatic rings. The minimum Gasteiger partial charge on any atom is -0.394 e. The predicted octanol–water partition coefficient (Wildman–Crippen LogP) is 3.61. The van der Waals surface area contributed by atoms with Crippen LogP contribution in [0.1, 0.15) is 21.6 Å². The highest BCUT2D eigenvalue weighted by molar-refractivity contribution is 5.94. The van der Waals surface area contributed by atoms with E-state index in [2.05, 4.69) is 10.4 Å². The molecule has 9 heteroatoms. The van der Waals surface area contributed by atoms with E-state index < -0.39 is 11.9 Å². The van der Waals surface area contributed by atoms with Crippen molar-refractivity contribution < 1.29 is 27.8 Å². The zero-order valence-corrected chi connectivity index (χ0v) is 16.8. The van der Waals surface area contributed by atoms with E-state index >= 15 is 0 Å². The second-order valence-corrected chi connectivity index (χ2v) is 6.83. The first-order valence-electron chi connectivity index (χ1n) is 9.61. The summed E-state index contributed by atoms with van der Waals surface area (Å²) in [7, 11) is 0. The number of rotatable bonds is 8. The van der Waals surface area contributed by atoms with Crippen LogP contribution in [0.3, 0.4) is 0 Å². The van der Waals surface area contributed by atoms with Gasteiger partial charge in [0.05, 0.1) is 31.2 Å². The first-order chi connectivity index (χ1) is 14.8. The van der Waals surface area contributed by atoms with Gasteiger partial charge in [-0.1, -0.05) is 29.8 Å². The predicted molar refractivity (Wildman–Crippen MR) is 109 cm³/mol. The number of amides is 1. The maximum absolute atomic E-state index is 13.3. The Labute approximate surface area is 177 Å². The molecule has 31 heavy (non-hydrogen) atoms. The number of hydrogen-bond donors (Lipinski definition) is 2. The number of nitrogens with zero attached hydrogens (tertiary/aromatic N) is 2. The number of alkyl halides is 3. The normalized spacial score (nSPS) is 11.5. The van der Waals surface area contributed by atoms with Crippen LogP contribution in [0.15, 0.2) is 54.6 Å². The molecular weight excluding hydrogens is 411 g/mol. The lowest BCUT2D eigenvalue weighted by Crippen LogP contribution is -2.27. The third-order valence-electron chi connectivity index (χ3n) is 4.49. The fraction of sp³-hybridized carbons (Fsp3) is 0.273. The van der Waals surface area contributed by atoms with E-state index in [-0.39, 0.29) is 32.3 Å². The summed E-state index contributed by atoms with van der Waals surface area (Å²) in [5, 5.41) is 15.1. The van der Waals surface area contributed by atoms with Crippen LogP contribution in [0.4, 0.5) is 13.2 Å². The lowest BCUT2D eigenvalue weighted by Gasteiger charge is -2.10. The maximum Gasteiger partial charge on any atom is 0.435 e. The molecule has 0 fully saturated rings. The van der Waals surface area contributed by atoms with Gasteiger partial charge < -0.3 is 15.2 Å². The number of carbonyl (C=O) groups excluding carboxylic acids is 1. The number of hydrogen-bond acceptors (Lipinski definition) is 4. The molecule has 1 heterocycles. The van der Waals surface area contributed by atoms with Crippen molar-refractivity contribution in [1.82, 2.24) is 15.1 Å². The van der Waals surface area contributed by atoms with Crippen molar-refractivity contribution >= 4 is 5.91 Å². The summed E-state index contributed by atoms with van der Waals surface area (Å²) >= 11 is 0. The van der Waals surface area contributed by atoms with E-state index in [0.717, 1.165) is 11.6 Å². The third-order valence-corrected chi connectivity index (χ3v) is 4.49. The van der Waals surface area contributed by atoms with E-state index in [1.807, 2.05) is 19.1 Å². The molecule has 0 radical (unpaired) electrons. The van der Waals surface area contributed by atoms with Crippen LogP contribution in [0, 0.1) is 6.92 Å². The van der Waals surface area contributed by atoms with Gasteiger partial charge in [-0.15, -0.1) is 0 Å². The van der Waals surface area contributed by atoms with Crippen molar-refractivity contribution in [2.24, 2.45) is 0 Å². The van der Waals surface area contributed by atoms with Crippen molar-refractivity contribution in [2.45, 2.75) is 13.1 Å². The molecule has 1 amide bonds. The van der Waals surface area contributed by atoms with Gasteiger partial charge >= 0.3 is 6.18 Å². The Morgan fingerprint density at radius 2 is 1.77 bits per heavy atom. The van der Waals surface area contributed by atoms with E-state index in [9.17, 15) is 18.0 Å². The molecule has 1 aromatic heterocycles. The van der Waals surface area contributed by atoms with Crippen molar-refractivity contribution in [3.05, 3.63) is 71.4 Å². The Kier molecular flexibility index (Phi) is 7.09.